The van der Waals surface area contributed by atoms with E-state index in [1.165, 1.54) is 89.5 Å². The smallest absolute Gasteiger partial charge is 0.224 e. The van der Waals surface area contributed by atoms with Gasteiger partial charge in [-0.2, -0.15) is 5.26 Å². The molecule has 0 radical (unpaired) electrons. The number of hydrogen-bond acceptors (Lipinski definition) is 4. The number of phenols is 1. The van der Waals surface area contributed by atoms with Gasteiger partial charge in [0.25, 0.3) is 0 Å². The van der Waals surface area contributed by atoms with Crippen LogP contribution in [0.1, 0.15) is 114 Å². The summed E-state index contributed by atoms with van der Waals surface area (Å²) in [4.78, 5) is 12.3. The number of nitriles is 1. The van der Waals surface area contributed by atoms with Crippen molar-refractivity contribution in [3.8, 4) is 17.6 Å². The molecule has 0 unspecified atom stereocenters. The molecule has 1 aromatic carbocycles. The molecule has 0 bridgehead atoms. The van der Waals surface area contributed by atoms with Crippen molar-refractivity contribution in [2.24, 2.45) is 0 Å². The Bertz CT molecular complexity index is 986. The summed E-state index contributed by atoms with van der Waals surface area (Å²) >= 11 is 0. The summed E-state index contributed by atoms with van der Waals surface area (Å²) < 4.78 is 7.34. The summed E-state index contributed by atoms with van der Waals surface area (Å²) in [6.07, 6.45) is 25.3. The zero-order chi connectivity index (χ0) is 25.8. The first kappa shape index (κ1) is 29.2. The largest absolute Gasteiger partial charge is 0.508 e. The second-order valence-corrected chi connectivity index (χ2v) is 9.60. The van der Waals surface area contributed by atoms with Gasteiger partial charge in [-0.15, -0.1) is 0 Å². The maximum absolute atomic E-state index is 12.3. The normalized spacial score (nSPS) is 11.1. The monoisotopic (exact) mass is 492 g/mol. The fraction of sp³-hybridized carbons (Fsp3) is 0.548. The Morgan fingerprint density at radius 2 is 1.42 bits per heavy atom. The van der Waals surface area contributed by atoms with Crippen LogP contribution in [0.5, 0.6) is 11.5 Å². The lowest BCUT2D eigenvalue weighted by molar-refractivity contribution is 0.300. The first-order chi connectivity index (χ1) is 17.7. The van der Waals surface area contributed by atoms with E-state index in [1.807, 2.05) is 6.20 Å². The number of benzene rings is 1. The van der Waals surface area contributed by atoms with Gasteiger partial charge in [0.1, 0.15) is 18.4 Å². The third-order valence-electron chi connectivity index (χ3n) is 6.50. The molecule has 36 heavy (non-hydrogen) atoms. The average molecular weight is 493 g/mol. The van der Waals surface area contributed by atoms with Gasteiger partial charge in [-0.05, 0) is 30.5 Å². The van der Waals surface area contributed by atoms with Crippen LogP contribution in [0.4, 0.5) is 0 Å². The summed E-state index contributed by atoms with van der Waals surface area (Å²) in [5, 5.41) is 19.0. The van der Waals surface area contributed by atoms with E-state index in [9.17, 15) is 15.2 Å². The minimum absolute atomic E-state index is 0.0502. The van der Waals surface area contributed by atoms with E-state index in [1.54, 1.807) is 35.0 Å². The molecular formula is C31H44N2O3. The van der Waals surface area contributed by atoms with Crippen molar-refractivity contribution in [3.05, 3.63) is 64.1 Å². The van der Waals surface area contributed by atoms with E-state index < -0.39 is 0 Å². The third-order valence-corrected chi connectivity index (χ3v) is 6.50. The number of nitrogens with zero attached hydrogens (tertiary/aromatic N) is 2. The first-order valence-corrected chi connectivity index (χ1v) is 13.9. The van der Waals surface area contributed by atoms with Gasteiger partial charge >= 0.3 is 0 Å². The number of unbranched alkanes of at least 4 members (excludes halogenated alkanes) is 14. The molecule has 0 aliphatic carbocycles. The number of allylic oxidation sites excluding steroid dienone is 1. The molecule has 0 atom stereocenters. The van der Waals surface area contributed by atoms with E-state index in [0.29, 0.717) is 0 Å². The van der Waals surface area contributed by atoms with Gasteiger partial charge < -0.3 is 14.4 Å². The number of ether oxygens (including phenoxy) is 1. The molecule has 1 heterocycles. The molecule has 1 aromatic heterocycles. The zero-order valence-electron chi connectivity index (χ0n) is 22.1. The molecule has 0 saturated heterocycles. The van der Waals surface area contributed by atoms with Gasteiger partial charge in [0.15, 0.2) is 5.69 Å². The molecule has 0 aliphatic heterocycles. The highest BCUT2D eigenvalue weighted by Crippen LogP contribution is 2.17. The molecule has 2 aromatic rings. The Hall–Kier alpha value is -3.00. The quantitative estimate of drug-likeness (QED) is 0.200. The highest BCUT2D eigenvalue weighted by molar-refractivity contribution is 5.44. The SMILES string of the molecule is CCCCCCCCCCCCCCCCC=Cn1ccc(=O)c(OCc2ccc(O)cc2)c1C#N. The first-order valence-electron chi connectivity index (χ1n) is 13.9. The van der Waals surface area contributed by atoms with E-state index >= 15 is 0 Å². The third kappa shape index (κ3) is 11.6. The minimum Gasteiger partial charge on any atom is -0.508 e. The van der Waals surface area contributed by atoms with E-state index in [4.69, 9.17) is 4.74 Å². The van der Waals surface area contributed by atoms with E-state index in [0.717, 1.165) is 18.4 Å². The predicted molar refractivity (Wildman–Crippen MR) is 148 cm³/mol. The van der Waals surface area contributed by atoms with Crippen molar-refractivity contribution in [2.75, 3.05) is 0 Å². The van der Waals surface area contributed by atoms with Crippen LogP contribution in [0.25, 0.3) is 6.20 Å². The molecule has 5 nitrogen and oxygen atoms in total. The summed E-state index contributed by atoms with van der Waals surface area (Å²) in [6, 6.07) is 10.1. The Balaban J connectivity index is 1.63. The van der Waals surface area contributed by atoms with Crippen LogP contribution in [0.15, 0.2) is 47.4 Å². The molecule has 2 rings (SSSR count). The molecular weight excluding hydrogens is 448 g/mol. The number of pyridine rings is 1. The Labute approximate surface area is 217 Å². The summed E-state index contributed by atoms with van der Waals surface area (Å²) in [5.41, 5.74) is 0.681. The summed E-state index contributed by atoms with van der Waals surface area (Å²) in [6.45, 7) is 2.42. The lowest BCUT2D eigenvalue weighted by atomic mass is 10.0. The van der Waals surface area contributed by atoms with Gasteiger partial charge in [0, 0.05) is 18.5 Å². The highest BCUT2D eigenvalue weighted by atomic mass is 16.5. The Morgan fingerprint density at radius 1 is 0.861 bits per heavy atom. The fourth-order valence-corrected chi connectivity index (χ4v) is 4.30. The average Bonchev–Trinajstić information content (AvgIpc) is 2.89. The van der Waals surface area contributed by atoms with Crippen LogP contribution >= 0.6 is 0 Å². The van der Waals surface area contributed by atoms with Gasteiger partial charge in [0.2, 0.25) is 11.2 Å². The fourth-order valence-electron chi connectivity index (χ4n) is 4.30. The van der Waals surface area contributed by atoms with Crippen LogP contribution in [0, 0.1) is 11.3 Å². The van der Waals surface area contributed by atoms with Gasteiger partial charge in [-0.25, -0.2) is 0 Å². The van der Waals surface area contributed by atoms with Gasteiger partial charge in [-0.1, -0.05) is 109 Å². The van der Waals surface area contributed by atoms with Crippen LogP contribution in [-0.2, 0) is 6.61 Å². The van der Waals surface area contributed by atoms with E-state index in [2.05, 4.69) is 19.1 Å². The zero-order valence-corrected chi connectivity index (χ0v) is 22.1. The minimum atomic E-state index is -0.318. The van der Waals surface area contributed by atoms with Crippen LogP contribution in [0.3, 0.4) is 0 Å². The molecule has 0 saturated carbocycles. The van der Waals surface area contributed by atoms with Crippen molar-refractivity contribution < 1.29 is 9.84 Å². The number of phenolic OH excluding ortho intramolecular Hbond substituents is 1. The van der Waals surface area contributed by atoms with E-state index in [-0.39, 0.29) is 29.2 Å². The maximum atomic E-state index is 12.3. The molecule has 0 amide bonds. The number of hydrogen-bond donors (Lipinski definition) is 1. The Kier molecular flexibility index (Phi) is 14.9. The number of rotatable bonds is 19. The van der Waals surface area contributed by atoms with Gasteiger partial charge in [-0.3, -0.25) is 4.79 Å². The maximum Gasteiger partial charge on any atom is 0.224 e. The second-order valence-electron chi connectivity index (χ2n) is 9.60. The van der Waals surface area contributed by atoms with Crippen molar-refractivity contribution in [2.45, 2.75) is 110 Å². The van der Waals surface area contributed by atoms with Crippen LogP contribution < -0.4 is 10.2 Å². The predicted octanol–water partition coefficient (Wildman–Crippen LogP) is 8.35. The lowest BCUT2D eigenvalue weighted by Gasteiger charge is -2.10. The van der Waals surface area contributed by atoms with Crippen LogP contribution in [-0.4, -0.2) is 9.67 Å². The molecule has 0 fully saturated rings. The van der Waals surface area contributed by atoms with Crippen LogP contribution in [0.2, 0.25) is 0 Å². The standard InChI is InChI=1S/C31H44N2O3/c1-2-3-4-5-6-7-8-9-10-11-12-13-14-15-16-17-23-33-24-22-30(35)31(29(33)25-32)36-26-27-18-20-28(34)21-19-27/h17-24,34H,2-16,26H2,1H3. The molecule has 0 spiro atoms. The molecule has 5 heteroatoms. The van der Waals surface area contributed by atoms with Gasteiger partial charge in [0.05, 0.1) is 0 Å². The number of aromatic nitrogens is 1. The molecule has 0 aliphatic rings. The summed E-state index contributed by atoms with van der Waals surface area (Å²) in [5.74, 6) is 0.219. The Morgan fingerprint density at radius 3 is 1.97 bits per heavy atom. The second kappa shape index (κ2) is 18.3. The van der Waals surface area contributed by atoms with Crippen molar-refractivity contribution in [1.82, 2.24) is 4.57 Å². The number of aromatic hydroxyl groups is 1. The lowest BCUT2D eigenvalue weighted by Crippen LogP contribution is -2.13. The van der Waals surface area contributed by atoms with Crippen molar-refractivity contribution in [1.29, 1.82) is 5.26 Å². The van der Waals surface area contributed by atoms with Crippen molar-refractivity contribution >= 4 is 6.20 Å². The molecule has 1 N–H and O–H groups in total. The summed E-state index contributed by atoms with van der Waals surface area (Å²) in [7, 11) is 0. The molecule has 196 valence electrons. The van der Waals surface area contributed by atoms with Crippen molar-refractivity contribution in [3.63, 3.8) is 0 Å². The highest BCUT2D eigenvalue weighted by Gasteiger charge is 2.11. The topological polar surface area (TPSA) is 75.2 Å².